The number of halogens is 1. The number of benzene rings is 2. The van der Waals surface area contributed by atoms with Crippen molar-refractivity contribution in [2.75, 3.05) is 13.2 Å². The molecule has 0 amide bonds. The van der Waals surface area contributed by atoms with Crippen molar-refractivity contribution in [1.29, 1.82) is 0 Å². The first kappa shape index (κ1) is 20.0. The van der Waals surface area contributed by atoms with Crippen LogP contribution in [0, 0.1) is 0 Å². The first-order valence-corrected chi connectivity index (χ1v) is 9.83. The molecule has 9 heteroatoms. The van der Waals surface area contributed by atoms with E-state index in [0.29, 0.717) is 46.2 Å². The maximum Gasteiger partial charge on any atom is 0.332 e. The van der Waals surface area contributed by atoms with Crippen molar-refractivity contribution >= 4 is 28.5 Å². The first-order valence-electron chi connectivity index (χ1n) is 9.45. The second kappa shape index (κ2) is 8.23. The van der Waals surface area contributed by atoms with Gasteiger partial charge in [0.2, 0.25) is 0 Å². The monoisotopic (exact) mass is 430 g/mol. The van der Waals surface area contributed by atoms with Gasteiger partial charge in [0.15, 0.2) is 11.5 Å². The Hall–Kier alpha value is -3.26. The maximum atomic E-state index is 12.7. The van der Waals surface area contributed by atoms with Crippen LogP contribution in [0.3, 0.4) is 0 Å². The van der Waals surface area contributed by atoms with Crippen molar-refractivity contribution in [3.63, 3.8) is 0 Å². The van der Waals surface area contributed by atoms with Crippen LogP contribution < -0.4 is 20.7 Å². The summed E-state index contributed by atoms with van der Waals surface area (Å²) in [7, 11) is 0. The molecular weight excluding hydrogens is 412 g/mol. The topological polar surface area (TPSA) is 88.8 Å². The molecule has 0 atom stereocenters. The zero-order valence-electron chi connectivity index (χ0n) is 16.2. The quantitative estimate of drug-likeness (QED) is 0.577. The lowest BCUT2D eigenvalue weighted by molar-refractivity contribution is -0.145. The summed E-state index contributed by atoms with van der Waals surface area (Å²) < 4.78 is 18.7. The smallest absolute Gasteiger partial charge is 0.332 e. The van der Waals surface area contributed by atoms with Crippen LogP contribution in [0.25, 0.3) is 10.9 Å². The molecule has 0 bridgehead atoms. The van der Waals surface area contributed by atoms with E-state index in [-0.39, 0.29) is 25.3 Å². The molecule has 0 saturated carbocycles. The Kier molecular flexibility index (Phi) is 5.50. The van der Waals surface area contributed by atoms with Crippen molar-refractivity contribution in [3.8, 4) is 11.5 Å². The van der Waals surface area contributed by atoms with Gasteiger partial charge >= 0.3 is 11.7 Å². The number of nitrogens with zero attached hydrogens (tertiary/aromatic N) is 2. The van der Waals surface area contributed by atoms with Gasteiger partial charge in [-0.3, -0.25) is 18.7 Å². The summed E-state index contributed by atoms with van der Waals surface area (Å²) in [4.78, 5) is 37.7. The molecule has 0 radical (unpaired) electrons. The van der Waals surface area contributed by atoms with E-state index in [4.69, 9.17) is 25.8 Å². The summed E-state index contributed by atoms with van der Waals surface area (Å²) in [5, 5.41) is 0.737. The summed E-state index contributed by atoms with van der Waals surface area (Å²) in [5.41, 5.74) is 0.0824. The zero-order valence-corrected chi connectivity index (χ0v) is 17.0. The van der Waals surface area contributed by atoms with Crippen molar-refractivity contribution in [2.24, 2.45) is 0 Å². The second-order valence-electron chi connectivity index (χ2n) is 6.70. The molecule has 0 spiro atoms. The number of hydrogen-bond acceptors (Lipinski definition) is 6. The Bertz CT molecular complexity index is 1250. The maximum absolute atomic E-state index is 12.7. The third-order valence-electron chi connectivity index (χ3n) is 4.79. The van der Waals surface area contributed by atoms with Gasteiger partial charge in [-0.15, -0.1) is 0 Å². The molecule has 0 N–H and O–H groups in total. The summed E-state index contributed by atoms with van der Waals surface area (Å²) >= 11 is 6.20. The van der Waals surface area contributed by atoms with Crippen molar-refractivity contribution in [3.05, 3.63) is 67.8 Å². The van der Waals surface area contributed by atoms with E-state index in [0.717, 1.165) is 4.57 Å². The molecule has 8 nitrogen and oxygen atoms in total. The largest absolute Gasteiger partial charge is 0.486 e. The summed E-state index contributed by atoms with van der Waals surface area (Å²) in [5.74, 6) is 0.351. The van der Waals surface area contributed by atoms with Crippen LogP contribution in [0.1, 0.15) is 12.5 Å². The van der Waals surface area contributed by atoms with E-state index < -0.39 is 11.7 Å². The van der Waals surface area contributed by atoms with Gasteiger partial charge in [0.1, 0.15) is 26.4 Å². The van der Waals surface area contributed by atoms with Gasteiger partial charge in [0.25, 0.3) is 5.56 Å². The number of carbonyl (C=O) groups excluding carboxylic acids is 1. The van der Waals surface area contributed by atoms with Crippen molar-refractivity contribution < 1.29 is 19.0 Å². The Labute approximate surface area is 176 Å². The fraction of sp³-hybridized carbons (Fsp3) is 0.286. The van der Waals surface area contributed by atoms with Crippen LogP contribution in [0.2, 0.25) is 5.02 Å². The van der Waals surface area contributed by atoms with Crippen molar-refractivity contribution in [1.82, 2.24) is 9.13 Å². The number of para-hydroxylation sites is 1. The minimum atomic E-state index is -0.616. The minimum Gasteiger partial charge on any atom is -0.486 e. The van der Waals surface area contributed by atoms with E-state index in [1.807, 2.05) is 0 Å². The van der Waals surface area contributed by atoms with Gasteiger partial charge in [-0.1, -0.05) is 23.7 Å². The van der Waals surface area contributed by atoms with Gasteiger partial charge in [-0.05, 0) is 36.8 Å². The average molecular weight is 431 g/mol. The molecule has 0 aliphatic carbocycles. The highest BCUT2D eigenvalue weighted by Crippen LogP contribution is 2.38. The van der Waals surface area contributed by atoms with Crippen LogP contribution >= 0.6 is 11.6 Å². The van der Waals surface area contributed by atoms with Crippen LogP contribution in [-0.2, 0) is 29.2 Å². The van der Waals surface area contributed by atoms with Gasteiger partial charge in [-0.25, -0.2) is 4.79 Å². The van der Waals surface area contributed by atoms with Gasteiger partial charge < -0.3 is 14.2 Å². The lowest BCUT2D eigenvalue weighted by atomic mass is 10.2. The van der Waals surface area contributed by atoms with E-state index in [2.05, 4.69) is 0 Å². The van der Waals surface area contributed by atoms with Crippen LogP contribution in [0.4, 0.5) is 0 Å². The predicted octanol–water partition coefficient (Wildman–Crippen LogP) is 2.35. The molecule has 0 fully saturated rings. The van der Waals surface area contributed by atoms with Crippen LogP contribution in [-0.4, -0.2) is 28.3 Å². The third-order valence-corrected chi connectivity index (χ3v) is 5.07. The van der Waals surface area contributed by atoms with Crippen molar-refractivity contribution in [2.45, 2.75) is 26.6 Å². The number of carbonyl (C=O) groups is 1. The number of ether oxygens (including phenoxy) is 3. The SMILES string of the molecule is CCn1c(=O)c2ccccc2n(CC(=O)OCc2cc(Cl)c3c(c2)OCCO3)c1=O. The fourth-order valence-corrected chi connectivity index (χ4v) is 3.68. The number of aromatic nitrogens is 2. The summed E-state index contributed by atoms with van der Waals surface area (Å²) in [6, 6.07) is 10.0. The summed E-state index contributed by atoms with van der Waals surface area (Å²) in [6.07, 6.45) is 0. The second-order valence-corrected chi connectivity index (χ2v) is 7.10. The van der Waals surface area contributed by atoms with E-state index >= 15 is 0 Å². The van der Waals surface area contributed by atoms with E-state index in [1.54, 1.807) is 43.3 Å². The molecule has 156 valence electrons. The summed E-state index contributed by atoms with van der Waals surface area (Å²) in [6.45, 7) is 2.37. The highest BCUT2D eigenvalue weighted by atomic mass is 35.5. The normalized spacial score (nSPS) is 12.7. The predicted molar refractivity (Wildman–Crippen MR) is 110 cm³/mol. The molecule has 2 aromatic carbocycles. The number of esters is 1. The van der Waals surface area contributed by atoms with Gasteiger partial charge in [0, 0.05) is 6.54 Å². The van der Waals surface area contributed by atoms with Crippen LogP contribution in [0.5, 0.6) is 11.5 Å². The standard InChI is InChI=1S/C21H19ClN2O6/c1-2-23-20(26)14-5-3-4-6-16(14)24(21(23)27)11-18(25)30-12-13-9-15(22)19-17(10-13)28-7-8-29-19/h3-6,9-10H,2,7-8,11-12H2,1H3. The number of fused-ring (bicyclic) bond motifs is 2. The van der Waals surface area contributed by atoms with Crippen LogP contribution in [0.15, 0.2) is 46.0 Å². The van der Waals surface area contributed by atoms with E-state index in [1.165, 1.54) is 4.57 Å². The highest BCUT2D eigenvalue weighted by Gasteiger charge is 2.18. The average Bonchev–Trinajstić information content (AvgIpc) is 2.76. The Morgan fingerprint density at radius 2 is 1.90 bits per heavy atom. The van der Waals surface area contributed by atoms with Gasteiger partial charge in [-0.2, -0.15) is 0 Å². The number of rotatable bonds is 5. The Morgan fingerprint density at radius 3 is 2.70 bits per heavy atom. The molecule has 1 aliphatic rings. The molecule has 30 heavy (non-hydrogen) atoms. The molecule has 0 unspecified atom stereocenters. The fourth-order valence-electron chi connectivity index (χ4n) is 3.39. The minimum absolute atomic E-state index is 0.0463. The van der Waals surface area contributed by atoms with Gasteiger partial charge in [0.05, 0.1) is 15.9 Å². The molecule has 1 aromatic heterocycles. The Balaban J connectivity index is 1.57. The molecule has 0 saturated heterocycles. The molecular formula is C21H19ClN2O6. The Morgan fingerprint density at radius 1 is 1.13 bits per heavy atom. The van der Waals surface area contributed by atoms with E-state index in [9.17, 15) is 14.4 Å². The molecule has 4 rings (SSSR count). The molecule has 1 aliphatic heterocycles. The zero-order chi connectivity index (χ0) is 21.3. The molecule has 3 aromatic rings. The first-order chi connectivity index (χ1) is 14.5. The lowest BCUT2D eigenvalue weighted by Crippen LogP contribution is -2.40. The third kappa shape index (κ3) is 3.66. The highest BCUT2D eigenvalue weighted by molar-refractivity contribution is 6.32. The number of hydrogen-bond donors (Lipinski definition) is 0. The molecule has 2 heterocycles. The lowest BCUT2D eigenvalue weighted by Gasteiger charge is -2.20.